The number of ether oxygens (including phenoxy) is 3. The second-order valence-corrected chi connectivity index (χ2v) is 6.13. The largest absolute Gasteiger partial charge is 0.493 e. The summed E-state index contributed by atoms with van der Waals surface area (Å²) < 4.78 is 16.7. The van der Waals surface area contributed by atoms with Crippen LogP contribution in [0.3, 0.4) is 0 Å². The minimum absolute atomic E-state index is 0.306. The fourth-order valence-electron chi connectivity index (χ4n) is 3.39. The number of benzene rings is 1. The molecule has 2 aliphatic rings. The van der Waals surface area contributed by atoms with Crippen molar-refractivity contribution in [3.8, 4) is 11.5 Å². The van der Waals surface area contributed by atoms with Crippen LogP contribution in [0.1, 0.15) is 19.3 Å². The van der Waals surface area contributed by atoms with Crippen LogP contribution in [0, 0.1) is 5.92 Å². The summed E-state index contributed by atoms with van der Waals surface area (Å²) in [6, 6.07) is 4.17. The van der Waals surface area contributed by atoms with Gasteiger partial charge in [-0.1, -0.05) is 0 Å². The molecule has 4 rings (SSSR count). The molecule has 2 fully saturated rings. The molecule has 1 aliphatic heterocycles. The minimum atomic E-state index is 0.306. The van der Waals surface area contributed by atoms with E-state index in [1.165, 1.54) is 12.8 Å². The molecule has 0 unspecified atom stereocenters. The van der Waals surface area contributed by atoms with E-state index in [1.54, 1.807) is 20.5 Å². The van der Waals surface area contributed by atoms with Crippen LogP contribution in [0.25, 0.3) is 10.9 Å². The molecule has 2 aromatic rings. The molecule has 1 aromatic carbocycles. The maximum Gasteiger partial charge on any atom is 0.187 e. The molecule has 6 nitrogen and oxygen atoms in total. The molecular formula is C17H21N3O3. The Morgan fingerprint density at radius 2 is 2.00 bits per heavy atom. The lowest BCUT2D eigenvalue weighted by Gasteiger charge is -2.21. The lowest BCUT2D eigenvalue weighted by Crippen LogP contribution is -2.31. The number of nitrogens with one attached hydrogen (secondary N) is 1. The van der Waals surface area contributed by atoms with Crippen molar-refractivity contribution in [2.45, 2.75) is 31.4 Å². The molecule has 23 heavy (non-hydrogen) atoms. The summed E-state index contributed by atoms with van der Waals surface area (Å²) in [5, 5.41) is 4.51. The molecule has 1 aromatic heterocycles. The maximum atomic E-state index is 5.90. The van der Waals surface area contributed by atoms with Crippen molar-refractivity contribution in [3.05, 3.63) is 18.5 Å². The Hall–Kier alpha value is -2.08. The molecule has 2 heterocycles. The van der Waals surface area contributed by atoms with Gasteiger partial charge in [-0.15, -0.1) is 0 Å². The van der Waals surface area contributed by atoms with Crippen LogP contribution in [0.2, 0.25) is 0 Å². The number of rotatable bonds is 5. The molecular weight excluding hydrogens is 294 g/mol. The monoisotopic (exact) mass is 315 g/mol. The van der Waals surface area contributed by atoms with Gasteiger partial charge in [-0.3, -0.25) is 0 Å². The van der Waals surface area contributed by atoms with Crippen molar-refractivity contribution in [1.29, 1.82) is 0 Å². The molecule has 0 spiro atoms. The number of anilines is 1. The first kappa shape index (κ1) is 14.5. The van der Waals surface area contributed by atoms with E-state index in [9.17, 15) is 0 Å². The summed E-state index contributed by atoms with van der Waals surface area (Å²) >= 11 is 0. The Balaban J connectivity index is 1.69. The van der Waals surface area contributed by atoms with Crippen molar-refractivity contribution >= 4 is 16.7 Å². The molecule has 0 bridgehead atoms. The maximum absolute atomic E-state index is 5.90. The van der Waals surface area contributed by atoms with Gasteiger partial charge in [-0.25, -0.2) is 9.97 Å². The van der Waals surface area contributed by atoms with Crippen LogP contribution in [0.5, 0.6) is 11.5 Å². The Kier molecular flexibility index (Phi) is 3.69. The molecule has 1 N–H and O–H groups in total. The summed E-state index contributed by atoms with van der Waals surface area (Å²) in [7, 11) is 3.25. The lowest BCUT2D eigenvalue weighted by atomic mass is 10.1. The van der Waals surface area contributed by atoms with Gasteiger partial charge in [-0.2, -0.15) is 0 Å². The zero-order chi connectivity index (χ0) is 15.8. The standard InChI is InChI=1S/C17H21N3O3/c1-21-13-6-5-11-14(16(13)22-2)18-9-19-17(11)20-12-7-8-23-15(12)10-3-4-10/h5-6,9-10,12,15H,3-4,7-8H2,1-2H3,(H,18,19,20)/t12-,15+/m1/s1. The fraction of sp³-hybridized carbons (Fsp3) is 0.529. The summed E-state index contributed by atoms with van der Waals surface area (Å²) in [4.78, 5) is 8.82. The Bertz CT molecular complexity index is 718. The van der Waals surface area contributed by atoms with Crippen molar-refractivity contribution in [3.63, 3.8) is 0 Å². The number of nitrogens with zero attached hydrogens (tertiary/aromatic N) is 2. The van der Waals surface area contributed by atoms with Crippen LogP contribution >= 0.6 is 0 Å². The zero-order valence-corrected chi connectivity index (χ0v) is 13.4. The highest BCUT2D eigenvalue weighted by Gasteiger charge is 2.40. The Morgan fingerprint density at radius 1 is 1.13 bits per heavy atom. The van der Waals surface area contributed by atoms with Crippen LogP contribution in [-0.4, -0.2) is 42.9 Å². The normalized spacial score (nSPS) is 23.9. The topological polar surface area (TPSA) is 65.5 Å². The molecule has 1 aliphatic carbocycles. The third-order valence-corrected chi connectivity index (χ3v) is 4.69. The summed E-state index contributed by atoms with van der Waals surface area (Å²) in [5.74, 6) is 2.84. The van der Waals surface area contributed by atoms with E-state index < -0.39 is 0 Å². The predicted octanol–water partition coefficient (Wildman–Crippen LogP) is 2.63. The average molecular weight is 315 g/mol. The first-order chi connectivity index (χ1) is 11.3. The van der Waals surface area contributed by atoms with Crippen LogP contribution in [0.4, 0.5) is 5.82 Å². The average Bonchev–Trinajstić information content (AvgIpc) is 3.33. The number of methoxy groups -OCH3 is 2. The van der Waals surface area contributed by atoms with Crippen molar-refractivity contribution in [1.82, 2.24) is 9.97 Å². The van der Waals surface area contributed by atoms with Crippen molar-refractivity contribution in [2.75, 3.05) is 26.1 Å². The highest BCUT2D eigenvalue weighted by Crippen LogP contribution is 2.41. The predicted molar refractivity (Wildman–Crippen MR) is 87.1 cm³/mol. The van der Waals surface area contributed by atoms with Crippen LogP contribution in [-0.2, 0) is 4.74 Å². The number of fused-ring (bicyclic) bond motifs is 1. The molecule has 6 heteroatoms. The molecule has 1 saturated heterocycles. The van der Waals surface area contributed by atoms with Crippen LogP contribution < -0.4 is 14.8 Å². The molecule has 0 amide bonds. The van der Waals surface area contributed by atoms with E-state index >= 15 is 0 Å². The Labute approximate surface area is 135 Å². The van der Waals surface area contributed by atoms with Gasteiger partial charge in [0, 0.05) is 12.0 Å². The van der Waals surface area contributed by atoms with Gasteiger partial charge < -0.3 is 19.5 Å². The third kappa shape index (κ3) is 2.57. The number of hydrogen-bond donors (Lipinski definition) is 1. The smallest absolute Gasteiger partial charge is 0.187 e. The Morgan fingerprint density at radius 3 is 2.74 bits per heavy atom. The van der Waals surface area contributed by atoms with Crippen molar-refractivity contribution in [2.24, 2.45) is 5.92 Å². The van der Waals surface area contributed by atoms with E-state index in [1.807, 2.05) is 12.1 Å². The van der Waals surface area contributed by atoms with Crippen molar-refractivity contribution < 1.29 is 14.2 Å². The summed E-state index contributed by atoms with van der Waals surface area (Å²) in [6.45, 7) is 0.818. The summed E-state index contributed by atoms with van der Waals surface area (Å²) in [6.07, 6.45) is 5.44. The quantitative estimate of drug-likeness (QED) is 0.915. The molecule has 1 saturated carbocycles. The second kappa shape index (κ2) is 5.85. The lowest BCUT2D eigenvalue weighted by molar-refractivity contribution is 0.0898. The van der Waals surface area contributed by atoms with E-state index in [2.05, 4.69) is 15.3 Å². The van der Waals surface area contributed by atoms with Gasteiger partial charge in [0.1, 0.15) is 17.7 Å². The van der Waals surface area contributed by atoms with Gasteiger partial charge >= 0.3 is 0 Å². The van der Waals surface area contributed by atoms with E-state index in [4.69, 9.17) is 14.2 Å². The first-order valence-electron chi connectivity index (χ1n) is 8.05. The third-order valence-electron chi connectivity index (χ3n) is 4.69. The highest BCUT2D eigenvalue weighted by molar-refractivity contribution is 5.94. The number of aromatic nitrogens is 2. The second-order valence-electron chi connectivity index (χ2n) is 6.13. The van der Waals surface area contributed by atoms with E-state index in [-0.39, 0.29) is 0 Å². The van der Waals surface area contributed by atoms with Gasteiger partial charge in [0.15, 0.2) is 11.5 Å². The highest BCUT2D eigenvalue weighted by atomic mass is 16.5. The molecule has 2 atom stereocenters. The summed E-state index contributed by atoms with van der Waals surface area (Å²) in [5.41, 5.74) is 0.756. The first-order valence-corrected chi connectivity index (χ1v) is 8.05. The minimum Gasteiger partial charge on any atom is -0.493 e. The molecule has 122 valence electrons. The van der Waals surface area contributed by atoms with Gasteiger partial charge in [0.25, 0.3) is 0 Å². The SMILES string of the molecule is COc1ccc2c(N[C@@H]3CCO[C@H]3C3CC3)ncnc2c1OC. The van der Waals surface area contributed by atoms with Gasteiger partial charge in [0.05, 0.1) is 26.4 Å². The molecule has 0 radical (unpaired) electrons. The fourth-order valence-corrected chi connectivity index (χ4v) is 3.39. The zero-order valence-electron chi connectivity index (χ0n) is 13.4. The number of hydrogen-bond acceptors (Lipinski definition) is 6. The van der Waals surface area contributed by atoms with E-state index in [0.717, 1.165) is 29.7 Å². The van der Waals surface area contributed by atoms with Crippen LogP contribution in [0.15, 0.2) is 18.5 Å². The van der Waals surface area contributed by atoms with Gasteiger partial charge in [0.2, 0.25) is 0 Å². The van der Waals surface area contributed by atoms with E-state index in [0.29, 0.717) is 29.6 Å². The van der Waals surface area contributed by atoms with Gasteiger partial charge in [-0.05, 0) is 37.3 Å².